The molecule has 0 bridgehead atoms. The number of hydrogen-bond donors (Lipinski definition) is 0. The minimum Gasteiger partial charge on any atom is -0.378 e. The predicted octanol–water partition coefficient (Wildman–Crippen LogP) is 2.71. The van der Waals surface area contributed by atoms with Crippen LogP contribution in [0, 0.1) is 0 Å². The van der Waals surface area contributed by atoms with Gasteiger partial charge in [0.15, 0.2) is 0 Å². The molecule has 1 heterocycles. The highest BCUT2D eigenvalue weighted by Crippen LogP contribution is 2.03. The zero-order valence-electron chi connectivity index (χ0n) is 10.2. The molecule has 0 aliphatic heterocycles. The molecule has 3 heteroatoms. The van der Waals surface area contributed by atoms with Crippen molar-refractivity contribution in [2.75, 3.05) is 13.7 Å². The molecule has 0 spiro atoms. The second-order valence-electron chi connectivity index (χ2n) is 3.89. The molecule has 88 valence electrons. The van der Waals surface area contributed by atoms with E-state index in [-0.39, 0.29) is 0 Å². The number of ether oxygens (including phenoxy) is 2. The molecule has 1 aromatic heterocycles. The van der Waals surface area contributed by atoms with Crippen LogP contribution in [0.25, 0.3) is 0 Å². The van der Waals surface area contributed by atoms with E-state index in [4.69, 9.17) is 9.47 Å². The van der Waals surface area contributed by atoms with Gasteiger partial charge in [-0.05, 0) is 25.5 Å². The van der Waals surface area contributed by atoms with E-state index in [1.54, 1.807) is 7.11 Å². The minimum atomic E-state index is 0.554. The van der Waals surface area contributed by atoms with Gasteiger partial charge in [-0.25, -0.2) is 0 Å². The van der Waals surface area contributed by atoms with Crippen molar-refractivity contribution in [3.05, 3.63) is 41.2 Å². The Labute approximate surface area is 97.1 Å². The van der Waals surface area contributed by atoms with Crippen LogP contribution in [0.3, 0.4) is 0 Å². The first-order chi connectivity index (χ1) is 7.72. The molecule has 0 N–H and O–H groups in total. The van der Waals surface area contributed by atoms with Gasteiger partial charge in [-0.2, -0.15) is 0 Å². The molecule has 0 fully saturated rings. The van der Waals surface area contributed by atoms with Gasteiger partial charge in [0, 0.05) is 13.3 Å². The van der Waals surface area contributed by atoms with Gasteiger partial charge in [-0.3, -0.25) is 4.98 Å². The molecule has 16 heavy (non-hydrogen) atoms. The van der Waals surface area contributed by atoms with Gasteiger partial charge in [0.2, 0.25) is 0 Å². The Morgan fingerprint density at radius 2 is 2.12 bits per heavy atom. The zero-order chi connectivity index (χ0) is 11.8. The van der Waals surface area contributed by atoms with Crippen molar-refractivity contribution in [2.24, 2.45) is 0 Å². The first-order valence-electron chi connectivity index (χ1n) is 5.36. The lowest BCUT2D eigenvalue weighted by Crippen LogP contribution is -1.96. The molecule has 0 saturated heterocycles. The third kappa shape index (κ3) is 5.05. The van der Waals surface area contributed by atoms with E-state index in [2.05, 4.69) is 24.9 Å². The van der Waals surface area contributed by atoms with Crippen LogP contribution in [-0.4, -0.2) is 18.7 Å². The Hall–Kier alpha value is -1.19. The van der Waals surface area contributed by atoms with Gasteiger partial charge < -0.3 is 9.47 Å². The van der Waals surface area contributed by atoms with Crippen LogP contribution >= 0.6 is 0 Å². The van der Waals surface area contributed by atoms with Crippen LogP contribution in [0.15, 0.2) is 30.0 Å². The van der Waals surface area contributed by atoms with Crippen molar-refractivity contribution in [2.45, 2.75) is 27.1 Å². The molecule has 3 nitrogen and oxygen atoms in total. The summed E-state index contributed by atoms with van der Waals surface area (Å²) in [6.07, 6.45) is 3.89. The van der Waals surface area contributed by atoms with Crippen LogP contribution in [0.1, 0.15) is 25.1 Å². The average Bonchev–Trinajstić information content (AvgIpc) is 2.27. The predicted molar refractivity (Wildman–Crippen MR) is 64.0 cm³/mol. The molecular weight excluding hydrogens is 202 g/mol. The average molecular weight is 221 g/mol. The third-order valence-electron chi connectivity index (χ3n) is 2.06. The first-order valence-corrected chi connectivity index (χ1v) is 5.36. The van der Waals surface area contributed by atoms with Crippen LogP contribution in [-0.2, 0) is 22.7 Å². The highest BCUT2D eigenvalue weighted by molar-refractivity contribution is 5.12. The molecule has 0 saturated carbocycles. The zero-order valence-corrected chi connectivity index (χ0v) is 10.2. The van der Waals surface area contributed by atoms with Gasteiger partial charge in [0.05, 0.1) is 25.5 Å². The summed E-state index contributed by atoms with van der Waals surface area (Å²) in [7, 11) is 1.66. The SMILES string of the molecule is COCc1ccc(COCC=C(C)C)cn1. The second-order valence-corrected chi connectivity index (χ2v) is 3.89. The van der Waals surface area contributed by atoms with Gasteiger partial charge in [0.25, 0.3) is 0 Å². The molecule has 0 atom stereocenters. The van der Waals surface area contributed by atoms with E-state index >= 15 is 0 Å². The molecule has 0 radical (unpaired) electrons. The molecule has 0 aromatic carbocycles. The molecule has 1 aromatic rings. The maximum absolute atomic E-state index is 5.48. The highest BCUT2D eigenvalue weighted by Gasteiger charge is 1.95. The summed E-state index contributed by atoms with van der Waals surface area (Å²) in [4.78, 5) is 4.26. The fraction of sp³-hybridized carbons (Fsp3) is 0.462. The summed E-state index contributed by atoms with van der Waals surface area (Å²) >= 11 is 0. The smallest absolute Gasteiger partial charge is 0.0884 e. The lowest BCUT2D eigenvalue weighted by Gasteiger charge is -2.03. The molecular formula is C13H19NO2. The number of aromatic nitrogens is 1. The van der Waals surface area contributed by atoms with Gasteiger partial charge >= 0.3 is 0 Å². The Kier molecular flexibility index (Phi) is 5.75. The van der Waals surface area contributed by atoms with E-state index in [9.17, 15) is 0 Å². The topological polar surface area (TPSA) is 31.4 Å². The number of pyridine rings is 1. The second kappa shape index (κ2) is 7.14. The Balaban J connectivity index is 2.34. The van der Waals surface area contributed by atoms with Gasteiger partial charge in [-0.15, -0.1) is 0 Å². The molecule has 0 aliphatic rings. The number of hydrogen-bond acceptors (Lipinski definition) is 3. The number of allylic oxidation sites excluding steroid dienone is 1. The van der Waals surface area contributed by atoms with E-state index in [0.717, 1.165) is 11.3 Å². The summed E-state index contributed by atoms with van der Waals surface area (Å²) in [6.45, 7) is 5.93. The summed E-state index contributed by atoms with van der Waals surface area (Å²) < 4.78 is 10.5. The highest BCUT2D eigenvalue weighted by atomic mass is 16.5. The maximum atomic E-state index is 5.48. The monoisotopic (exact) mass is 221 g/mol. The van der Waals surface area contributed by atoms with Crippen LogP contribution in [0.4, 0.5) is 0 Å². The van der Waals surface area contributed by atoms with E-state index in [1.807, 2.05) is 18.3 Å². The Morgan fingerprint density at radius 3 is 2.69 bits per heavy atom. The Bertz CT molecular complexity index is 326. The van der Waals surface area contributed by atoms with E-state index in [1.165, 1.54) is 5.57 Å². The summed E-state index contributed by atoms with van der Waals surface area (Å²) in [6, 6.07) is 3.98. The molecule has 0 amide bonds. The fourth-order valence-corrected chi connectivity index (χ4v) is 1.18. The van der Waals surface area contributed by atoms with Crippen molar-refractivity contribution in [1.82, 2.24) is 4.98 Å². The molecule has 0 unspecified atom stereocenters. The fourth-order valence-electron chi connectivity index (χ4n) is 1.18. The largest absolute Gasteiger partial charge is 0.378 e. The quantitative estimate of drug-likeness (QED) is 0.546. The number of methoxy groups -OCH3 is 1. The molecule has 0 aliphatic carbocycles. The van der Waals surface area contributed by atoms with Crippen molar-refractivity contribution in [1.29, 1.82) is 0 Å². The van der Waals surface area contributed by atoms with Crippen molar-refractivity contribution < 1.29 is 9.47 Å². The van der Waals surface area contributed by atoms with Crippen LogP contribution in [0.5, 0.6) is 0 Å². The first kappa shape index (κ1) is 12.9. The van der Waals surface area contributed by atoms with Crippen molar-refractivity contribution in [3.63, 3.8) is 0 Å². The minimum absolute atomic E-state index is 0.554. The standard InChI is InChI=1S/C13H19NO2/c1-11(2)6-7-16-9-12-4-5-13(10-15-3)14-8-12/h4-6,8H,7,9-10H2,1-3H3. The summed E-state index contributed by atoms with van der Waals surface area (Å²) in [5.74, 6) is 0. The Morgan fingerprint density at radius 1 is 1.31 bits per heavy atom. The number of nitrogens with zero attached hydrogens (tertiary/aromatic N) is 1. The molecule has 1 rings (SSSR count). The summed E-state index contributed by atoms with van der Waals surface area (Å²) in [5, 5.41) is 0. The van der Waals surface area contributed by atoms with Crippen LogP contribution in [0.2, 0.25) is 0 Å². The third-order valence-corrected chi connectivity index (χ3v) is 2.06. The van der Waals surface area contributed by atoms with Crippen LogP contribution < -0.4 is 0 Å². The van der Waals surface area contributed by atoms with E-state index < -0.39 is 0 Å². The summed E-state index contributed by atoms with van der Waals surface area (Å²) in [5.41, 5.74) is 3.30. The van der Waals surface area contributed by atoms with Gasteiger partial charge in [0.1, 0.15) is 0 Å². The lowest BCUT2D eigenvalue weighted by molar-refractivity contribution is 0.147. The maximum Gasteiger partial charge on any atom is 0.0884 e. The van der Waals surface area contributed by atoms with E-state index in [0.29, 0.717) is 19.8 Å². The van der Waals surface area contributed by atoms with Gasteiger partial charge in [-0.1, -0.05) is 17.7 Å². The number of rotatable bonds is 6. The van der Waals surface area contributed by atoms with Crippen molar-refractivity contribution >= 4 is 0 Å². The normalized spacial score (nSPS) is 10.2. The van der Waals surface area contributed by atoms with Crippen molar-refractivity contribution in [3.8, 4) is 0 Å². The lowest BCUT2D eigenvalue weighted by atomic mass is 10.2.